The van der Waals surface area contributed by atoms with Gasteiger partial charge in [0.2, 0.25) is 5.95 Å². The summed E-state index contributed by atoms with van der Waals surface area (Å²) in [7, 11) is 0. The van der Waals surface area contributed by atoms with Gasteiger partial charge in [-0.05, 0) is 28.1 Å². The summed E-state index contributed by atoms with van der Waals surface area (Å²) in [5, 5.41) is 3.55. The summed E-state index contributed by atoms with van der Waals surface area (Å²) in [6, 6.07) is 9.53. The van der Waals surface area contributed by atoms with Crippen LogP contribution in [0.2, 0.25) is 10.3 Å². The molecule has 0 radical (unpaired) electrons. The molecule has 0 saturated heterocycles. The van der Waals surface area contributed by atoms with Crippen LogP contribution in [0.1, 0.15) is 0 Å². The molecule has 0 aliphatic rings. The molecule has 0 amide bonds. The van der Waals surface area contributed by atoms with E-state index in [0.29, 0.717) is 10.4 Å². The Morgan fingerprint density at radius 2 is 1.56 bits per heavy atom. The predicted octanol–water partition coefficient (Wildman–Crippen LogP) is 4.29. The monoisotopic (exact) mass is 317 g/mol. The van der Waals surface area contributed by atoms with Crippen LogP contribution in [0, 0.1) is 0 Å². The Labute approximate surface area is 111 Å². The molecule has 1 aromatic heterocycles. The molecule has 82 valence electrons. The minimum absolute atomic E-state index is 0.276. The third-order valence-electron chi connectivity index (χ3n) is 1.80. The molecular formula is C10H6BrCl2N3. The van der Waals surface area contributed by atoms with Crippen molar-refractivity contribution in [3.05, 3.63) is 45.1 Å². The van der Waals surface area contributed by atoms with Crippen molar-refractivity contribution in [1.29, 1.82) is 0 Å². The normalized spacial score (nSPS) is 10.2. The molecule has 2 rings (SSSR count). The van der Waals surface area contributed by atoms with E-state index in [2.05, 4.69) is 31.2 Å². The number of halogens is 3. The van der Waals surface area contributed by atoms with E-state index in [0.717, 1.165) is 5.69 Å². The van der Waals surface area contributed by atoms with E-state index in [-0.39, 0.29) is 10.3 Å². The topological polar surface area (TPSA) is 37.8 Å². The highest BCUT2D eigenvalue weighted by atomic mass is 79.9. The number of hydrogen-bond donors (Lipinski definition) is 1. The maximum Gasteiger partial charge on any atom is 0.230 e. The Kier molecular flexibility index (Phi) is 3.63. The number of hydrogen-bond acceptors (Lipinski definition) is 3. The molecule has 0 spiro atoms. The van der Waals surface area contributed by atoms with E-state index in [9.17, 15) is 0 Å². The van der Waals surface area contributed by atoms with Gasteiger partial charge in [0.15, 0.2) is 0 Å². The van der Waals surface area contributed by atoms with E-state index >= 15 is 0 Å². The maximum absolute atomic E-state index is 5.86. The van der Waals surface area contributed by atoms with Gasteiger partial charge in [-0.3, -0.25) is 0 Å². The average molecular weight is 319 g/mol. The first-order valence-corrected chi connectivity index (χ1v) is 5.92. The van der Waals surface area contributed by atoms with Gasteiger partial charge >= 0.3 is 0 Å². The Balaban J connectivity index is 2.29. The van der Waals surface area contributed by atoms with E-state index in [1.165, 1.54) is 0 Å². The number of nitrogens with one attached hydrogen (secondary N) is 1. The standard InChI is InChI=1S/C10H6BrCl2N3/c11-7-8(12)15-10(16-9(7)13)14-6-4-2-1-3-5-6/h1-5H,(H,14,15,16). The molecule has 0 atom stereocenters. The van der Waals surface area contributed by atoms with Crippen LogP contribution in [-0.2, 0) is 0 Å². The van der Waals surface area contributed by atoms with Crippen LogP contribution in [-0.4, -0.2) is 9.97 Å². The lowest BCUT2D eigenvalue weighted by atomic mass is 10.3. The molecule has 0 bridgehead atoms. The fourth-order valence-corrected chi connectivity index (χ4v) is 1.67. The number of anilines is 2. The van der Waals surface area contributed by atoms with Crippen molar-refractivity contribution in [1.82, 2.24) is 9.97 Å². The summed E-state index contributed by atoms with van der Waals surface area (Å²) in [5.74, 6) is 0.365. The number of nitrogens with zero attached hydrogens (tertiary/aromatic N) is 2. The number of para-hydroxylation sites is 1. The van der Waals surface area contributed by atoms with E-state index in [1.807, 2.05) is 30.3 Å². The van der Waals surface area contributed by atoms with Gasteiger partial charge in [-0.2, -0.15) is 9.97 Å². The summed E-state index contributed by atoms with van der Waals surface area (Å²) in [6.07, 6.45) is 0. The molecule has 1 aromatic carbocycles. The van der Waals surface area contributed by atoms with E-state index < -0.39 is 0 Å². The van der Waals surface area contributed by atoms with Gasteiger partial charge in [0.1, 0.15) is 10.3 Å². The third-order valence-corrected chi connectivity index (χ3v) is 3.55. The van der Waals surface area contributed by atoms with Crippen LogP contribution >= 0.6 is 39.1 Å². The van der Waals surface area contributed by atoms with Crippen LogP contribution in [0.25, 0.3) is 0 Å². The number of rotatable bonds is 2. The number of benzene rings is 1. The summed E-state index contributed by atoms with van der Waals surface area (Å²) >= 11 is 14.9. The minimum Gasteiger partial charge on any atom is -0.324 e. The second-order valence-corrected chi connectivity index (χ2v) is 4.44. The molecule has 1 heterocycles. The first kappa shape index (κ1) is 11.6. The van der Waals surface area contributed by atoms with Gasteiger partial charge in [0.05, 0.1) is 4.47 Å². The first-order chi connectivity index (χ1) is 7.66. The maximum atomic E-state index is 5.86. The van der Waals surface area contributed by atoms with Crippen molar-refractivity contribution in [2.24, 2.45) is 0 Å². The second kappa shape index (κ2) is 4.99. The molecule has 1 N–H and O–H groups in total. The third kappa shape index (κ3) is 2.64. The van der Waals surface area contributed by atoms with Crippen LogP contribution < -0.4 is 5.32 Å². The fraction of sp³-hybridized carbons (Fsp3) is 0. The van der Waals surface area contributed by atoms with Crippen LogP contribution in [0.5, 0.6) is 0 Å². The van der Waals surface area contributed by atoms with Crippen LogP contribution in [0.15, 0.2) is 34.8 Å². The highest BCUT2D eigenvalue weighted by Crippen LogP contribution is 2.28. The number of aromatic nitrogens is 2. The first-order valence-electron chi connectivity index (χ1n) is 4.37. The molecular weight excluding hydrogens is 313 g/mol. The van der Waals surface area contributed by atoms with Gasteiger partial charge in [0.25, 0.3) is 0 Å². The SMILES string of the molecule is Clc1nc(Nc2ccccc2)nc(Cl)c1Br. The lowest BCUT2D eigenvalue weighted by molar-refractivity contribution is 1.15. The zero-order chi connectivity index (χ0) is 11.5. The Morgan fingerprint density at radius 3 is 2.12 bits per heavy atom. The molecule has 3 nitrogen and oxygen atoms in total. The molecule has 0 aliphatic carbocycles. The lowest BCUT2D eigenvalue weighted by Crippen LogP contribution is -1.98. The summed E-state index contributed by atoms with van der Waals surface area (Å²) < 4.78 is 0.495. The lowest BCUT2D eigenvalue weighted by Gasteiger charge is -2.06. The molecule has 16 heavy (non-hydrogen) atoms. The molecule has 0 saturated carbocycles. The zero-order valence-electron chi connectivity index (χ0n) is 7.92. The van der Waals surface area contributed by atoms with Crippen molar-refractivity contribution >= 4 is 50.8 Å². The highest BCUT2D eigenvalue weighted by molar-refractivity contribution is 9.10. The van der Waals surface area contributed by atoms with Gasteiger partial charge in [0, 0.05) is 5.69 Å². The molecule has 6 heteroatoms. The fourth-order valence-electron chi connectivity index (χ4n) is 1.10. The molecule has 0 aliphatic heterocycles. The molecule has 0 unspecified atom stereocenters. The Bertz CT molecular complexity index is 482. The van der Waals surface area contributed by atoms with Crippen molar-refractivity contribution < 1.29 is 0 Å². The van der Waals surface area contributed by atoms with Gasteiger partial charge < -0.3 is 5.32 Å². The zero-order valence-corrected chi connectivity index (χ0v) is 11.0. The van der Waals surface area contributed by atoms with Gasteiger partial charge in [-0.25, -0.2) is 0 Å². The van der Waals surface area contributed by atoms with Crippen molar-refractivity contribution in [3.63, 3.8) is 0 Å². The summed E-state index contributed by atoms with van der Waals surface area (Å²) in [6.45, 7) is 0. The van der Waals surface area contributed by atoms with E-state index in [4.69, 9.17) is 23.2 Å². The quantitative estimate of drug-likeness (QED) is 0.839. The van der Waals surface area contributed by atoms with Crippen molar-refractivity contribution in [2.45, 2.75) is 0 Å². The smallest absolute Gasteiger partial charge is 0.230 e. The second-order valence-electron chi connectivity index (χ2n) is 2.93. The Morgan fingerprint density at radius 1 is 1.00 bits per heavy atom. The van der Waals surface area contributed by atoms with Crippen LogP contribution in [0.3, 0.4) is 0 Å². The average Bonchev–Trinajstić information content (AvgIpc) is 2.27. The Hall–Kier alpha value is -0.840. The molecule has 2 aromatic rings. The van der Waals surface area contributed by atoms with Crippen molar-refractivity contribution in [3.8, 4) is 0 Å². The highest BCUT2D eigenvalue weighted by Gasteiger charge is 2.08. The van der Waals surface area contributed by atoms with E-state index in [1.54, 1.807) is 0 Å². The minimum atomic E-state index is 0.276. The van der Waals surface area contributed by atoms with Crippen molar-refractivity contribution in [2.75, 3.05) is 5.32 Å². The summed E-state index contributed by atoms with van der Waals surface area (Å²) in [5.41, 5.74) is 0.872. The van der Waals surface area contributed by atoms with Gasteiger partial charge in [-0.1, -0.05) is 41.4 Å². The van der Waals surface area contributed by atoms with Crippen LogP contribution in [0.4, 0.5) is 11.6 Å². The summed E-state index contributed by atoms with van der Waals surface area (Å²) in [4.78, 5) is 8.08. The predicted molar refractivity (Wildman–Crippen MR) is 69.5 cm³/mol. The van der Waals surface area contributed by atoms with Gasteiger partial charge in [-0.15, -0.1) is 0 Å². The molecule has 0 fully saturated rings. The largest absolute Gasteiger partial charge is 0.324 e.